The number of aliphatic carboxylic acids is 1. The topological polar surface area (TPSA) is 82.5 Å². The van der Waals surface area contributed by atoms with Crippen LogP contribution in [0.1, 0.15) is 10.4 Å². The molecule has 2 rings (SSSR count). The molecule has 5 nitrogen and oxygen atoms in total. The first kappa shape index (κ1) is 13.6. The van der Waals surface area contributed by atoms with Gasteiger partial charge in [0.15, 0.2) is 5.13 Å². The quantitative estimate of drug-likeness (QED) is 0.807. The van der Waals surface area contributed by atoms with Gasteiger partial charge >= 0.3 is 5.97 Å². The fourth-order valence-electron chi connectivity index (χ4n) is 1.51. The molecule has 0 saturated heterocycles. The molecule has 1 heterocycles. The number of rotatable bonds is 4. The summed E-state index contributed by atoms with van der Waals surface area (Å²) >= 11 is 7.10. The van der Waals surface area contributed by atoms with Gasteiger partial charge in [0.05, 0.1) is 11.3 Å². The lowest BCUT2D eigenvalue weighted by atomic mass is 10.2. The zero-order valence-corrected chi connectivity index (χ0v) is 11.5. The number of aromatic nitrogens is 1. The first-order valence-corrected chi connectivity index (χ1v) is 6.59. The minimum absolute atomic E-state index is 0.250. The van der Waals surface area contributed by atoms with E-state index in [1.165, 1.54) is 0 Å². The van der Waals surface area contributed by atoms with Gasteiger partial charge < -0.3 is 15.5 Å². The maximum absolute atomic E-state index is 10.6. The van der Waals surface area contributed by atoms with Gasteiger partial charge in [-0.1, -0.05) is 29.0 Å². The summed E-state index contributed by atoms with van der Waals surface area (Å²) in [6, 6.07) is 5.40. The van der Waals surface area contributed by atoms with E-state index in [2.05, 4.69) is 10.3 Å². The van der Waals surface area contributed by atoms with Gasteiger partial charge in [0.1, 0.15) is 0 Å². The van der Waals surface area contributed by atoms with Crippen LogP contribution in [-0.2, 0) is 11.2 Å². The molecule has 1 aromatic heterocycles. The van der Waals surface area contributed by atoms with Gasteiger partial charge in [-0.05, 0) is 24.6 Å². The minimum atomic E-state index is -1.01. The molecule has 0 amide bonds. The number of thiazole rings is 1. The summed E-state index contributed by atoms with van der Waals surface area (Å²) in [6.07, 6.45) is -0.250. The fourth-order valence-corrected chi connectivity index (χ4v) is 2.54. The number of carboxylic acid groups (broad SMARTS) is 1. The largest absolute Gasteiger partial charge is 0.492 e. The Morgan fingerprint density at radius 1 is 1.53 bits per heavy atom. The molecule has 0 aliphatic rings. The molecule has 19 heavy (non-hydrogen) atoms. The van der Waals surface area contributed by atoms with Crippen LogP contribution in [0.4, 0.5) is 10.8 Å². The van der Waals surface area contributed by atoms with E-state index < -0.39 is 5.97 Å². The number of benzene rings is 1. The molecule has 7 heteroatoms. The summed E-state index contributed by atoms with van der Waals surface area (Å²) in [4.78, 5) is 14.8. The van der Waals surface area contributed by atoms with Crippen LogP contribution in [0, 0.1) is 6.92 Å². The second kappa shape index (κ2) is 5.46. The molecule has 0 bridgehead atoms. The third-order valence-electron chi connectivity index (χ3n) is 2.50. The number of aromatic hydroxyl groups is 1. The predicted molar refractivity (Wildman–Crippen MR) is 74.6 cm³/mol. The smallest absolute Gasteiger partial charge is 0.308 e. The molecule has 3 N–H and O–H groups in total. The molecule has 100 valence electrons. The molecule has 0 unspecified atom stereocenters. The number of carboxylic acids is 1. The van der Waals surface area contributed by atoms with Crippen LogP contribution in [0.25, 0.3) is 0 Å². The number of hydrogen-bond acceptors (Lipinski definition) is 5. The number of nitrogens with zero attached hydrogens (tertiary/aromatic N) is 1. The Bertz CT molecular complexity index is 627. The Morgan fingerprint density at radius 3 is 2.95 bits per heavy atom. The van der Waals surface area contributed by atoms with Crippen molar-refractivity contribution in [1.82, 2.24) is 4.98 Å². The number of anilines is 2. The van der Waals surface area contributed by atoms with Gasteiger partial charge in [0.25, 0.3) is 0 Å². The highest BCUT2D eigenvalue weighted by Crippen LogP contribution is 2.32. The normalized spacial score (nSPS) is 10.4. The first-order valence-electron chi connectivity index (χ1n) is 5.40. The van der Waals surface area contributed by atoms with Gasteiger partial charge in [0.2, 0.25) is 5.88 Å². The minimum Gasteiger partial charge on any atom is -0.492 e. The van der Waals surface area contributed by atoms with Crippen LogP contribution in [-0.4, -0.2) is 21.2 Å². The van der Waals surface area contributed by atoms with Crippen molar-refractivity contribution in [2.24, 2.45) is 0 Å². The van der Waals surface area contributed by atoms with Crippen LogP contribution in [0.2, 0.25) is 5.02 Å². The fraction of sp³-hybridized carbons (Fsp3) is 0.167. The zero-order valence-electron chi connectivity index (χ0n) is 9.98. The van der Waals surface area contributed by atoms with Crippen LogP contribution in [0.5, 0.6) is 5.88 Å². The summed E-state index contributed by atoms with van der Waals surface area (Å²) < 4.78 is 0. The van der Waals surface area contributed by atoms with E-state index in [9.17, 15) is 9.90 Å². The lowest BCUT2D eigenvalue weighted by Crippen LogP contribution is -1.97. The van der Waals surface area contributed by atoms with Crippen LogP contribution in [0.3, 0.4) is 0 Å². The van der Waals surface area contributed by atoms with Crippen LogP contribution >= 0.6 is 22.9 Å². The number of carbonyl (C=O) groups is 1. The summed E-state index contributed by atoms with van der Waals surface area (Å²) in [5, 5.41) is 22.3. The lowest BCUT2D eigenvalue weighted by Gasteiger charge is -2.07. The highest BCUT2D eigenvalue weighted by molar-refractivity contribution is 7.16. The van der Waals surface area contributed by atoms with E-state index in [4.69, 9.17) is 16.7 Å². The average Bonchev–Trinajstić information content (AvgIpc) is 2.65. The number of hydrogen-bond donors (Lipinski definition) is 3. The van der Waals surface area contributed by atoms with Gasteiger partial charge in [-0.3, -0.25) is 4.79 Å². The molecular weight excluding hydrogens is 288 g/mol. The molecule has 0 spiro atoms. The molecule has 0 atom stereocenters. The molecule has 0 saturated carbocycles. The third-order valence-corrected chi connectivity index (χ3v) is 3.87. The van der Waals surface area contributed by atoms with E-state index in [-0.39, 0.29) is 12.3 Å². The Kier molecular flexibility index (Phi) is 3.92. The maximum Gasteiger partial charge on any atom is 0.308 e. The first-order chi connectivity index (χ1) is 8.97. The van der Waals surface area contributed by atoms with Crippen molar-refractivity contribution in [3.63, 3.8) is 0 Å². The molecule has 0 aliphatic heterocycles. The van der Waals surface area contributed by atoms with Gasteiger partial charge in [0, 0.05) is 10.7 Å². The number of nitrogens with one attached hydrogen (secondary N) is 1. The molecule has 0 fully saturated rings. The van der Waals surface area contributed by atoms with Crippen molar-refractivity contribution in [3.05, 3.63) is 33.7 Å². The SMILES string of the molecule is Cc1c(Cl)cccc1Nc1nc(O)c(CC(=O)O)s1. The second-order valence-corrected chi connectivity index (χ2v) is 5.36. The van der Waals surface area contributed by atoms with E-state index >= 15 is 0 Å². The molecular formula is C12H11ClN2O3S. The molecule has 0 aliphatic carbocycles. The summed E-state index contributed by atoms with van der Waals surface area (Å²) in [5.41, 5.74) is 1.63. The molecule has 0 radical (unpaired) electrons. The summed E-state index contributed by atoms with van der Waals surface area (Å²) in [5.74, 6) is -1.26. The Balaban J connectivity index is 2.24. The van der Waals surface area contributed by atoms with Crippen LogP contribution in [0.15, 0.2) is 18.2 Å². The van der Waals surface area contributed by atoms with E-state index in [1.54, 1.807) is 12.1 Å². The van der Waals surface area contributed by atoms with Crippen molar-refractivity contribution < 1.29 is 15.0 Å². The lowest BCUT2D eigenvalue weighted by molar-refractivity contribution is -0.136. The molecule has 2 aromatic rings. The summed E-state index contributed by atoms with van der Waals surface area (Å²) in [7, 11) is 0. The monoisotopic (exact) mass is 298 g/mol. The van der Waals surface area contributed by atoms with Crippen LogP contribution < -0.4 is 5.32 Å². The van der Waals surface area contributed by atoms with Gasteiger partial charge in [-0.25, -0.2) is 0 Å². The standard InChI is InChI=1S/C12H11ClN2O3S/c1-6-7(13)3-2-4-8(6)14-12-15-11(18)9(19-12)5-10(16)17/h2-4,18H,5H2,1H3,(H,14,15)(H,16,17). The Morgan fingerprint density at radius 2 is 2.26 bits per heavy atom. The summed E-state index contributed by atoms with van der Waals surface area (Å²) in [6.45, 7) is 1.86. The maximum atomic E-state index is 10.6. The van der Waals surface area contributed by atoms with Gasteiger partial charge in [-0.15, -0.1) is 0 Å². The van der Waals surface area contributed by atoms with E-state index in [0.29, 0.717) is 15.0 Å². The van der Waals surface area contributed by atoms with Crippen molar-refractivity contribution in [1.29, 1.82) is 0 Å². The van der Waals surface area contributed by atoms with Crippen molar-refractivity contribution >= 4 is 39.7 Å². The average molecular weight is 299 g/mol. The Labute approximate surface area is 118 Å². The number of halogens is 1. The van der Waals surface area contributed by atoms with Crippen molar-refractivity contribution in [3.8, 4) is 5.88 Å². The third kappa shape index (κ3) is 3.15. The highest BCUT2D eigenvalue weighted by Gasteiger charge is 2.14. The highest BCUT2D eigenvalue weighted by atomic mass is 35.5. The zero-order chi connectivity index (χ0) is 14.0. The Hall–Kier alpha value is -1.79. The second-order valence-electron chi connectivity index (χ2n) is 3.87. The van der Waals surface area contributed by atoms with Crippen molar-refractivity contribution in [2.45, 2.75) is 13.3 Å². The van der Waals surface area contributed by atoms with Gasteiger partial charge in [-0.2, -0.15) is 4.98 Å². The van der Waals surface area contributed by atoms with E-state index in [1.807, 2.05) is 13.0 Å². The molecule has 1 aromatic carbocycles. The predicted octanol–water partition coefficient (Wildman–Crippen LogP) is 3.18. The van der Waals surface area contributed by atoms with Crippen molar-refractivity contribution in [2.75, 3.05) is 5.32 Å². The van der Waals surface area contributed by atoms with E-state index in [0.717, 1.165) is 22.6 Å².